The highest BCUT2D eigenvalue weighted by molar-refractivity contribution is 5.92. The molecule has 2 aromatic heterocycles. The van der Waals surface area contributed by atoms with Gasteiger partial charge in [0.05, 0.1) is 11.7 Å². The maximum Gasteiger partial charge on any atom is 0.272 e. The van der Waals surface area contributed by atoms with Crippen LogP contribution in [0.1, 0.15) is 64.1 Å². The Bertz CT molecular complexity index is 823. The maximum atomic E-state index is 12.8. The van der Waals surface area contributed by atoms with Crippen LogP contribution in [-0.2, 0) is 12.8 Å². The third-order valence-electron chi connectivity index (χ3n) is 5.75. The van der Waals surface area contributed by atoms with Crippen LogP contribution in [0.5, 0.6) is 0 Å². The number of amides is 1. The van der Waals surface area contributed by atoms with Gasteiger partial charge in [-0.15, -0.1) is 0 Å². The van der Waals surface area contributed by atoms with Crippen molar-refractivity contribution < 1.29 is 4.79 Å². The molecule has 2 aromatic rings. The van der Waals surface area contributed by atoms with Crippen LogP contribution in [0.3, 0.4) is 0 Å². The molecule has 5 heteroatoms. The van der Waals surface area contributed by atoms with Gasteiger partial charge in [0.1, 0.15) is 11.5 Å². The van der Waals surface area contributed by atoms with Crippen molar-refractivity contribution in [1.82, 2.24) is 19.4 Å². The highest BCUT2D eigenvalue weighted by Crippen LogP contribution is 2.30. The van der Waals surface area contributed by atoms with Gasteiger partial charge < -0.3 is 9.47 Å². The van der Waals surface area contributed by atoms with Crippen molar-refractivity contribution in [2.75, 3.05) is 13.1 Å². The highest BCUT2D eigenvalue weighted by Gasteiger charge is 2.32. The van der Waals surface area contributed by atoms with Gasteiger partial charge in [0, 0.05) is 25.0 Å². The lowest BCUT2D eigenvalue weighted by molar-refractivity contribution is 0.0781. The number of fused-ring (bicyclic) bond motifs is 1. The van der Waals surface area contributed by atoms with Crippen molar-refractivity contribution in [2.24, 2.45) is 0 Å². The van der Waals surface area contributed by atoms with E-state index in [1.807, 2.05) is 24.8 Å². The molecule has 1 atom stereocenters. The number of hydrogen-bond acceptors (Lipinski definition) is 3. The number of rotatable bonds is 2. The Morgan fingerprint density at radius 3 is 2.76 bits per heavy atom. The van der Waals surface area contributed by atoms with E-state index < -0.39 is 0 Å². The zero-order valence-corrected chi connectivity index (χ0v) is 15.4. The van der Waals surface area contributed by atoms with Crippen molar-refractivity contribution in [3.05, 3.63) is 46.3 Å². The first-order valence-electron chi connectivity index (χ1n) is 9.33. The molecule has 1 unspecified atom stereocenters. The summed E-state index contributed by atoms with van der Waals surface area (Å²) < 4.78 is 2.41. The molecule has 25 heavy (non-hydrogen) atoms. The second kappa shape index (κ2) is 6.28. The average molecular weight is 338 g/mol. The molecular weight excluding hydrogens is 312 g/mol. The second-order valence-electron chi connectivity index (χ2n) is 7.48. The van der Waals surface area contributed by atoms with Gasteiger partial charge in [-0.1, -0.05) is 0 Å². The largest absolute Gasteiger partial charge is 0.335 e. The fourth-order valence-electron chi connectivity index (χ4n) is 4.22. The van der Waals surface area contributed by atoms with Gasteiger partial charge >= 0.3 is 0 Å². The average Bonchev–Trinajstić information content (AvgIpc) is 3.20. The number of aryl methyl sites for hydroxylation is 4. The molecule has 1 amide bonds. The molecule has 4 rings (SSSR count). The first kappa shape index (κ1) is 16.3. The molecule has 0 saturated carbocycles. The van der Waals surface area contributed by atoms with Gasteiger partial charge in [-0.25, -0.2) is 4.98 Å². The number of likely N-dealkylation sites (tertiary alicyclic amines) is 1. The fraction of sp³-hybridized carbons (Fsp3) is 0.550. The topological polar surface area (TPSA) is 51.0 Å². The SMILES string of the molecule is Cc1cnc(C(=O)N2CCC(n3c(C)nc4c3CCCC4)C2)cc1C. The summed E-state index contributed by atoms with van der Waals surface area (Å²) in [6.07, 6.45) is 7.52. The van der Waals surface area contributed by atoms with Crippen molar-refractivity contribution in [3.8, 4) is 0 Å². The molecule has 2 aliphatic rings. The van der Waals surface area contributed by atoms with E-state index in [1.165, 1.54) is 24.2 Å². The normalized spacial score (nSPS) is 20.0. The van der Waals surface area contributed by atoms with E-state index in [-0.39, 0.29) is 5.91 Å². The summed E-state index contributed by atoms with van der Waals surface area (Å²) in [5.41, 5.74) is 5.50. The van der Waals surface area contributed by atoms with Gasteiger partial charge in [-0.05, 0) is 70.1 Å². The number of nitrogens with zero attached hydrogens (tertiary/aromatic N) is 4. The number of hydrogen-bond donors (Lipinski definition) is 0. The summed E-state index contributed by atoms with van der Waals surface area (Å²) in [4.78, 5) is 23.9. The molecule has 1 aliphatic heterocycles. The Morgan fingerprint density at radius 2 is 1.96 bits per heavy atom. The quantitative estimate of drug-likeness (QED) is 0.845. The Labute approximate surface area is 149 Å². The van der Waals surface area contributed by atoms with Gasteiger partial charge in [0.2, 0.25) is 0 Å². The first-order chi connectivity index (χ1) is 12.0. The molecule has 0 bridgehead atoms. The van der Waals surface area contributed by atoms with Crippen LogP contribution in [-0.4, -0.2) is 38.4 Å². The lowest BCUT2D eigenvalue weighted by Crippen LogP contribution is -2.30. The summed E-state index contributed by atoms with van der Waals surface area (Å²) in [7, 11) is 0. The van der Waals surface area contributed by atoms with Crippen LogP contribution < -0.4 is 0 Å². The Hall–Kier alpha value is -2.17. The molecule has 3 heterocycles. The Kier molecular flexibility index (Phi) is 4.10. The third-order valence-corrected chi connectivity index (χ3v) is 5.75. The van der Waals surface area contributed by atoms with E-state index in [2.05, 4.69) is 16.5 Å². The molecule has 0 radical (unpaired) electrons. The smallest absolute Gasteiger partial charge is 0.272 e. The van der Waals surface area contributed by atoms with E-state index >= 15 is 0 Å². The maximum absolute atomic E-state index is 12.8. The molecule has 1 fully saturated rings. The zero-order chi connectivity index (χ0) is 17.6. The summed E-state index contributed by atoms with van der Waals surface area (Å²) in [6, 6.07) is 2.26. The van der Waals surface area contributed by atoms with Gasteiger partial charge in [-0.3, -0.25) is 9.78 Å². The van der Waals surface area contributed by atoms with Gasteiger partial charge in [0.25, 0.3) is 5.91 Å². The van der Waals surface area contributed by atoms with Crippen LogP contribution in [0, 0.1) is 20.8 Å². The van der Waals surface area contributed by atoms with E-state index in [9.17, 15) is 4.79 Å². The molecule has 1 aliphatic carbocycles. The van der Waals surface area contributed by atoms with E-state index in [0.29, 0.717) is 11.7 Å². The second-order valence-corrected chi connectivity index (χ2v) is 7.48. The minimum atomic E-state index is 0.0530. The minimum absolute atomic E-state index is 0.0530. The zero-order valence-electron chi connectivity index (χ0n) is 15.4. The molecule has 0 spiro atoms. The summed E-state index contributed by atoms with van der Waals surface area (Å²) in [5.74, 6) is 1.16. The predicted molar refractivity (Wildman–Crippen MR) is 96.9 cm³/mol. The van der Waals surface area contributed by atoms with Crippen molar-refractivity contribution in [2.45, 2.75) is 58.9 Å². The minimum Gasteiger partial charge on any atom is -0.335 e. The molecular formula is C20H26N4O. The van der Waals surface area contributed by atoms with E-state index in [0.717, 1.165) is 49.3 Å². The number of carbonyl (C=O) groups excluding carboxylic acids is 1. The number of imidazole rings is 1. The summed E-state index contributed by atoms with van der Waals surface area (Å²) in [6.45, 7) is 7.71. The lowest BCUT2D eigenvalue weighted by atomic mass is 10.0. The van der Waals surface area contributed by atoms with Crippen LogP contribution >= 0.6 is 0 Å². The highest BCUT2D eigenvalue weighted by atomic mass is 16.2. The van der Waals surface area contributed by atoms with Crippen LogP contribution in [0.25, 0.3) is 0 Å². The van der Waals surface area contributed by atoms with Crippen LogP contribution in [0.15, 0.2) is 12.3 Å². The van der Waals surface area contributed by atoms with Gasteiger partial charge in [-0.2, -0.15) is 0 Å². The first-order valence-corrected chi connectivity index (χ1v) is 9.33. The molecule has 1 saturated heterocycles. The summed E-state index contributed by atoms with van der Waals surface area (Å²) >= 11 is 0. The van der Waals surface area contributed by atoms with Gasteiger partial charge in [0.15, 0.2) is 0 Å². The Morgan fingerprint density at radius 1 is 1.16 bits per heavy atom. The molecule has 0 N–H and O–H groups in total. The van der Waals surface area contributed by atoms with Crippen molar-refractivity contribution in [1.29, 1.82) is 0 Å². The molecule has 5 nitrogen and oxygen atoms in total. The van der Waals surface area contributed by atoms with Crippen LogP contribution in [0.4, 0.5) is 0 Å². The van der Waals surface area contributed by atoms with Crippen molar-refractivity contribution >= 4 is 5.91 Å². The third kappa shape index (κ3) is 2.86. The number of pyridine rings is 1. The fourth-order valence-corrected chi connectivity index (χ4v) is 4.22. The van der Waals surface area contributed by atoms with Crippen molar-refractivity contribution in [3.63, 3.8) is 0 Å². The molecule has 0 aromatic carbocycles. The van der Waals surface area contributed by atoms with Crippen LogP contribution in [0.2, 0.25) is 0 Å². The van der Waals surface area contributed by atoms with E-state index in [1.54, 1.807) is 6.20 Å². The molecule has 132 valence electrons. The number of carbonyl (C=O) groups is 1. The number of aromatic nitrogens is 3. The Balaban J connectivity index is 1.54. The summed E-state index contributed by atoms with van der Waals surface area (Å²) in [5, 5.41) is 0. The predicted octanol–water partition coefficient (Wildman–Crippen LogP) is 3.17. The monoisotopic (exact) mass is 338 g/mol. The lowest BCUT2D eigenvalue weighted by Gasteiger charge is -2.21. The van der Waals surface area contributed by atoms with E-state index in [4.69, 9.17) is 4.98 Å². The standard InChI is InChI=1S/C20H26N4O/c1-13-10-18(21-11-14(13)2)20(25)23-9-8-16(12-23)24-15(3)22-17-6-4-5-7-19(17)24/h10-11,16H,4-9,12H2,1-3H3.